The molecule has 2 rings (SSSR count). The van der Waals surface area contributed by atoms with Gasteiger partial charge in [-0.25, -0.2) is 0 Å². The number of nitrogens with one attached hydrogen (secondary N) is 2. The number of hydrogen-bond acceptors (Lipinski definition) is 3. The van der Waals surface area contributed by atoms with Gasteiger partial charge in [0, 0.05) is 31.4 Å². The molecule has 3 heteroatoms. The van der Waals surface area contributed by atoms with Crippen LogP contribution >= 0.6 is 0 Å². The third-order valence-electron chi connectivity index (χ3n) is 2.41. The molecule has 0 radical (unpaired) electrons. The molecule has 70 valence electrons. The van der Waals surface area contributed by atoms with Crippen LogP contribution in [0.2, 0.25) is 0 Å². The first-order valence-corrected chi connectivity index (χ1v) is 4.66. The van der Waals surface area contributed by atoms with Crippen molar-refractivity contribution in [3.8, 4) is 0 Å². The Hall–Kier alpha value is -1.06. The highest BCUT2D eigenvalue weighted by atomic mass is 15.1. The number of hydrogen-bond donors (Lipinski definition) is 3. The molecule has 1 aromatic carbocycles. The second-order valence-corrected chi connectivity index (χ2v) is 3.34. The lowest BCUT2D eigenvalue weighted by Gasteiger charge is -2.25. The number of nitrogens with two attached hydrogens (primary N) is 1. The monoisotopic (exact) mass is 177 g/mol. The average Bonchev–Trinajstić information content (AvgIpc) is 2.20. The molecular formula is C10H15N3. The Morgan fingerprint density at radius 1 is 1.23 bits per heavy atom. The van der Waals surface area contributed by atoms with Crippen molar-refractivity contribution in [1.82, 2.24) is 10.6 Å². The molecule has 1 aliphatic rings. The second kappa shape index (κ2) is 3.77. The molecule has 0 unspecified atom stereocenters. The summed E-state index contributed by atoms with van der Waals surface area (Å²) in [6.07, 6.45) is 0. The molecule has 0 aliphatic carbocycles. The maximum absolute atomic E-state index is 5.88. The van der Waals surface area contributed by atoms with E-state index >= 15 is 0 Å². The highest BCUT2D eigenvalue weighted by Crippen LogP contribution is 2.19. The molecule has 1 aliphatic heterocycles. The van der Waals surface area contributed by atoms with Gasteiger partial charge in [-0.15, -0.1) is 0 Å². The summed E-state index contributed by atoms with van der Waals surface area (Å²) < 4.78 is 0. The van der Waals surface area contributed by atoms with E-state index in [1.165, 1.54) is 5.56 Å². The van der Waals surface area contributed by atoms with Crippen molar-refractivity contribution < 1.29 is 0 Å². The average molecular weight is 177 g/mol. The van der Waals surface area contributed by atoms with Crippen molar-refractivity contribution in [2.24, 2.45) is 0 Å². The van der Waals surface area contributed by atoms with Crippen LogP contribution in [0.4, 0.5) is 5.69 Å². The molecule has 0 bridgehead atoms. The van der Waals surface area contributed by atoms with Crippen LogP contribution in [0.1, 0.15) is 11.6 Å². The van der Waals surface area contributed by atoms with E-state index in [1.54, 1.807) is 0 Å². The highest BCUT2D eigenvalue weighted by molar-refractivity contribution is 5.48. The van der Waals surface area contributed by atoms with E-state index in [1.807, 2.05) is 18.2 Å². The summed E-state index contributed by atoms with van der Waals surface area (Å²) in [7, 11) is 0. The van der Waals surface area contributed by atoms with Gasteiger partial charge in [-0.2, -0.15) is 0 Å². The summed E-state index contributed by atoms with van der Waals surface area (Å²) in [6, 6.07) is 8.40. The maximum Gasteiger partial charge on any atom is 0.0467 e. The van der Waals surface area contributed by atoms with Gasteiger partial charge in [0.1, 0.15) is 0 Å². The fourth-order valence-corrected chi connectivity index (χ4v) is 1.70. The minimum absolute atomic E-state index is 0.370. The summed E-state index contributed by atoms with van der Waals surface area (Å²) in [4.78, 5) is 0. The lowest BCUT2D eigenvalue weighted by atomic mass is 10.0. The van der Waals surface area contributed by atoms with Crippen molar-refractivity contribution in [1.29, 1.82) is 0 Å². The molecule has 13 heavy (non-hydrogen) atoms. The summed E-state index contributed by atoms with van der Waals surface area (Å²) in [5, 5.41) is 6.78. The minimum atomic E-state index is 0.370. The van der Waals surface area contributed by atoms with Crippen LogP contribution in [0.5, 0.6) is 0 Å². The Kier molecular flexibility index (Phi) is 2.47. The predicted octanol–water partition coefficient (Wildman–Crippen LogP) is 0.503. The van der Waals surface area contributed by atoms with Gasteiger partial charge in [-0.1, -0.05) is 18.2 Å². The molecule has 1 aromatic rings. The fourth-order valence-electron chi connectivity index (χ4n) is 1.70. The van der Waals surface area contributed by atoms with Gasteiger partial charge in [-0.3, -0.25) is 0 Å². The first-order chi connectivity index (χ1) is 6.38. The van der Waals surface area contributed by atoms with Crippen LogP contribution in [0.15, 0.2) is 24.3 Å². The molecule has 1 atom stereocenters. The van der Waals surface area contributed by atoms with Crippen LogP contribution in [-0.4, -0.2) is 19.6 Å². The smallest absolute Gasteiger partial charge is 0.0467 e. The zero-order valence-corrected chi connectivity index (χ0v) is 7.59. The van der Waals surface area contributed by atoms with Crippen LogP contribution in [0.25, 0.3) is 0 Å². The Balaban J connectivity index is 2.18. The Labute approximate surface area is 78.3 Å². The number of piperazine rings is 1. The van der Waals surface area contributed by atoms with Gasteiger partial charge in [-0.05, 0) is 11.6 Å². The Bertz CT molecular complexity index is 279. The molecule has 0 spiro atoms. The second-order valence-electron chi connectivity index (χ2n) is 3.34. The largest absolute Gasteiger partial charge is 0.398 e. The summed E-state index contributed by atoms with van der Waals surface area (Å²) in [5.41, 5.74) is 7.97. The molecule has 1 saturated heterocycles. The standard InChI is InChI=1S/C10H15N3/c11-9-4-2-1-3-8(9)10-7-12-5-6-13-10/h1-4,10,12-13H,5-7,11H2/t10-/m0/s1. The van der Waals surface area contributed by atoms with Crippen molar-refractivity contribution >= 4 is 5.69 Å². The van der Waals surface area contributed by atoms with E-state index in [2.05, 4.69) is 16.7 Å². The lowest BCUT2D eigenvalue weighted by Crippen LogP contribution is -2.42. The zero-order valence-electron chi connectivity index (χ0n) is 7.59. The molecular weight excluding hydrogens is 162 g/mol. The van der Waals surface area contributed by atoms with Gasteiger partial charge in [0.05, 0.1) is 0 Å². The van der Waals surface area contributed by atoms with Crippen LogP contribution < -0.4 is 16.4 Å². The van der Waals surface area contributed by atoms with Gasteiger partial charge in [0.15, 0.2) is 0 Å². The van der Waals surface area contributed by atoms with Crippen molar-refractivity contribution in [2.45, 2.75) is 6.04 Å². The molecule has 0 saturated carbocycles. The van der Waals surface area contributed by atoms with Crippen LogP contribution in [-0.2, 0) is 0 Å². The first kappa shape index (κ1) is 8.53. The highest BCUT2D eigenvalue weighted by Gasteiger charge is 2.15. The Morgan fingerprint density at radius 2 is 2.08 bits per heavy atom. The van der Waals surface area contributed by atoms with Crippen molar-refractivity contribution in [3.63, 3.8) is 0 Å². The Morgan fingerprint density at radius 3 is 2.77 bits per heavy atom. The normalized spacial score (nSPS) is 22.9. The van der Waals surface area contributed by atoms with Crippen molar-refractivity contribution in [2.75, 3.05) is 25.4 Å². The summed E-state index contributed by atoms with van der Waals surface area (Å²) in [5.74, 6) is 0. The van der Waals surface area contributed by atoms with Gasteiger partial charge in [0.25, 0.3) is 0 Å². The zero-order chi connectivity index (χ0) is 9.10. The van der Waals surface area contributed by atoms with E-state index in [-0.39, 0.29) is 0 Å². The summed E-state index contributed by atoms with van der Waals surface area (Å²) >= 11 is 0. The molecule has 1 fully saturated rings. The molecule has 1 heterocycles. The molecule has 3 nitrogen and oxygen atoms in total. The predicted molar refractivity (Wildman–Crippen MR) is 54.5 cm³/mol. The molecule has 0 amide bonds. The van der Waals surface area contributed by atoms with E-state index in [4.69, 9.17) is 5.73 Å². The topological polar surface area (TPSA) is 50.1 Å². The third-order valence-corrected chi connectivity index (χ3v) is 2.41. The van der Waals surface area contributed by atoms with Gasteiger partial charge < -0.3 is 16.4 Å². The van der Waals surface area contributed by atoms with E-state index in [0.717, 1.165) is 25.3 Å². The third kappa shape index (κ3) is 1.82. The van der Waals surface area contributed by atoms with E-state index in [0.29, 0.717) is 6.04 Å². The lowest BCUT2D eigenvalue weighted by molar-refractivity contribution is 0.431. The van der Waals surface area contributed by atoms with Crippen LogP contribution in [0.3, 0.4) is 0 Å². The first-order valence-electron chi connectivity index (χ1n) is 4.66. The quantitative estimate of drug-likeness (QED) is 0.548. The van der Waals surface area contributed by atoms with Crippen LogP contribution in [0, 0.1) is 0 Å². The maximum atomic E-state index is 5.88. The van der Waals surface area contributed by atoms with E-state index < -0.39 is 0 Å². The summed E-state index contributed by atoms with van der Waals surface area (Å²) in [6.45, 7) is 3.02. The number of anilines is 1. The fraction of sp³-hybridized carbons (Fsp3) is 0.400. The number of nitrogen functional groups attached to an aromatic ring is 1. The van der Waals surface area contributed by atoms with Crippen molar-refractivity contribution in [3.05, 3.63) is 29.8 Å². The van der Waals surface area contributed by atoms with E-state index in [9.17, 15) is 0 Å². The van der Waals surface area contributed by atoms with Gasteiger partial charge >= 0.3 is 0 Å². The van der Waals surface area contributed by atoms with Gasteiger partial charge in [0.2, 0.25) is 0 Å². The molecule has 0 aromatic heterocycles. The number of para-hydroxylation sites is 1. The SMILES string of the molecule is Nc1ccccc1[C@@H]1CNCCN1. The molecule has 4 N–H and O–H groups in total. The minimum Gasteiger partial charge on any atom is -0.398 e. The number of benzene rings is 1. The number of rotatable bonds is 1.